The summed E-state index contributed by atoms with van der Waals surface area (Å²) in [5, 5.41) is 6.85. The predicted octanol–water partition coefficient (Wildman–Crippen LogP) is 1.46. The number of aromatic nitrogens is 3. The van der Waals surface area contributed by atoms with Crippen molar-refractivity contribution in [3.63, 3.8) is 0 Å². The van der Waals surface area contributed by atoms with Crippen molar-refractivity contribution in [1.82, 2.24) is 19.5 Å². The number of hydrogen-bond donors (Lipinski definition) is 1. The Morgan fingerprint density at radius 1 is 1.21 bits per heavy atom. The summed E-state index contributed by atoms with van der Waals surface area (Å²) in [6.07, 6.45) is 4.59. The molecule has 1 N–H and O–H groups in total. The highest BCUT2D eigenvalue weighted by molar-refractivity contribution is 5.91. The Bertz CT molecular complexity index is 941. The molecule has 0 spiro atoms. The van der Waals surface area contributed by atoms with Crippen molar-refractivity contribution in [3.8, 4) is 0 Å². The van der Waals surface area contributed by atoms with Crippen LogP contribution in [-0.2, 0) is 11.3 Å². The van der Waals surface area contributed by atoms with Crippen molar-refractivity contribution in [3.05, 3.63) is 76.6 Å². The number of nitrogens with zero attached hydrogens (tertiary/aromatic N) is 3. The summed E-state index contributed by atoms with van der Waals surface area (Å²) in [5.41, 5.74) is 1.04. The first-order valence-electron chi connectivity index (χ1n) is 7.39. The Kier molecular flexibility index (Phi) is 4.51. The van der Waals surface area contributed by atoms with Crippen molar-refractivity contribution in [2.75, 3.05) is 6.54 Å². The smallest absolute Gasteiger partial charge is 0.350 e. The summed E-state index contributed by atoms with van der Waals surface area (Å²) in [4.78, 5) is 23.8. The van der Waals surface area contributed by atoms with Gasteiger partial charge in [-0.05, 0) is 35.9 Å². The minimum Gasteiger partial charge on any atom is -0.351 e. The van der Waals surface area contributed by atoms with Crippen LogP contribution in [0.2, 0.25) is 0 Å². The zero-order chi connectivity index (χ0) is 16.9. The molecule has 0 atom stereocenters. The monoisotopic (exact) mass is 326 g/mol. The lowest BCUT2D eigenvalue weighted by Crippen LogP contribution is -2.30. The fourth-order valence-corrected chi connectivity index (χ4v) is 2.20. The fraction of sp³-hybridized carbons (Fsp3) is 0.118. The Morgan fingerprint density at radius 2 is 2.00 bits per heavy atom. The molecule has 2 heterocycles. The normalized spacial score (nSPS) is 11.2. The molecule has 0 fully saturated rings. The van der Waals surface area contributed by atoms with Crippen LogP contribution in [0.4, 0.5) is 4.39 Å². The quantitative estimate of drug-likeness (QED) is 0.722. The van der Waals surface area contributed by atoms with E-state index in [-0.39, 0.29) is 30.5 Å². The number of fused-ring (bicyclic) bond motifs is 1. The third-order valence-corrected chi connectivity index (χ3v) is 3.41. The number of carbonyl (C=O) groups is 1. The van der Waals surface area contributed by atoms with Crippen LogP contribution in [0.3, 0.4) is 0 Å². The first-order valence-corrected chi connectivity index (χ1v) is 7.39. The van der Waals surface area contributed by atoms with Gasteiger partial charge in [0.2, 0.25) is 5.91 Å². The van der Waals surface area contributed by atoms with Gasteiger partial charge in [-0.2, -0.15) is 0 Å². The molecule has 6 nitrogen and oxygen atoms in total. The Labute approximate surface area is 136 Å². The summed E-state index contributed by atoms with van der Waals surface area (Å²) < 4.78 is 15.5. The Morgan fingerprint density at radius 3 is 2.75 bits per heavy atom. The van der Waals surface area contributed by atoms with E-state index in [0.29, 0.717) is 5.65 Å². The molecule has 3 aromatic rings. The molecule has 2 aromatic heterocycles. The number of amides is 1. The van der Waals surface area contributed by atoms with Gasteiger partial charge in [-0.25, -0.2) is 13.9 Å². The molecule has 24 heavy (non-hydrogen) atoms. The van der Waals surface area contributed by atoms with Crippen LogP contribution < -0.4 is 11.0 Å². The summed E-state index contributed by atoms with van der Waals surface area (Å²) in [5.74, 6) is -0.620. The van der Waals surface area contributed by atoms with Crippen LogP contribution in [0, 0.1) is 5.82 Å². The van der Waals surface area contributed by atoms with E-state index in [2.05, 4.69) is 10.4 Å². The van der Waals surface area contributed by atoms with E-state index in [9.17, 15) is 14.0 Å². The average molecular weight is 326 g/mol. The summed E-state index contributed by atoms with van der Waals surface area (Å²) in [6.45, 7) is 0.549. The fourth-order valence-electron chi connectivity index (χ4n) is 2.20. The SMILES string of the molecule is O=C(C=Cc1ccc(F)cc1)NCCn1nc2ccccn2c1=O. The van der Waals surface area contributed by atoms with E-state index >= 15 is 0 Å². The van der Waals surface area contributed by atoms with Gasteiger partial charge in [-0.15, -0.1) is 5.10 Å². The van der Waals surface area contributed by atoms with Gasteiger partial charge in [-0.3, -0.25) is 9.20 Å². The largest absolute Gasteiger partial charge is 0.351 e. The van der Waals surface area contributed by atoms with E-state index in [1.54, 1.807) is 42.6 Å². The number of benzene rings is 1. The molecule has 0 unspecified atom stereocenters. The second kappa shape index (κ2) is 6.91. The molecule has 0 aliphatic heterocycles. The molecule has 0 aliphatic carbocycles. The molecular weight excluding hydrogens is 311 g/mol. The first-order chi connectivity index (χ1) is 11.6. The van der Waals surface area contributed by atoms with E-state index in [1.165, 1.54) is 27.3 Å². The lowest BCUT2D eigenvalue weighted by atomic mass is 10.2. The highest BCUT2D eigenvalue weighted by atomic mass is 19.1. The van der Waals surface area contributed by atoms with Crippen molar-refractivity contribution in [2.45, 2.75) is 6.54 Å². The summed E-state index contributed by atoms with van der Waals surface area (Å²) in [7, 11) is 0. The zero-order valence-corrected chi connectivity index (χ0v) is 12.7. The minimum atomic E-state index is -0.325. The number of hydrogen-bond acceptors (Lipinski definition) is 3. The predicted molar refractivity (Wildman–Crippen MR) is 87.9 cm³/mol. The van der Waals surface area contributed by atoms with Crippen LogP contribution in [0.15, 0.2) is 59.5 Å². The van der Waals surface area contributed by atoms with E-state index in [1.807, 2.05) is 0 Å². The average Bonchev–Trinajstić information content (AvgIpc) is 2.91. The molecule has 1 aromatic carbocycles. The first kappa shape index (κ1) is 15.7. The number of halogens is 1. The van der Waals surface area contributed by atoms with Gasteiger partial charge in [0, 0.05) is 18.8 Å². The summed E-state index contributed by atoms with van der Waals surface area (Å²) in [6, 6.07) is 11.1. The van der Waals surface area contributed by atoms with Crippen LogP contribution in [0.1, 0.15) is 5.56 Å². The van der Waals surface area contributed by atoms with Gasteiger partial charge in [0.05, 0.1) is 6.54 Å². The molecule has 0 saturated heterocycles. The number of pyridine rings is 1. The van der Waals surface area contributed by atoms with Crippen molar-refractivity contribution in [2.24, 2.45) is 0 Å². The van der Waals surface area contributed by atoms with Crippen molar-refractivity contribution < 1.29 is 9.18 Å². The van der Waals surface area contributed by atoms with Crippen LogP contribution in [0.25, 0.3) is 11.7 Å². The van der Waals surface area contributed by atoms with Gasteiger partial charge in [-0.1, -0.05) is 18.2 Å². The third-order valence-electron chi connectivity index (χ3n) is 3.41. The van der Waals surface area contributed by atoms with Crippen LogP contribution in [-0.4, -0.2) is 26.6 Å². The third kappa shape index (κ3) is 3.57. The molecule has 0 radical (unpaired) electrons. The zero-order valence-electron chi connectivity index (χ0n) is 12.7. The van der Waals surface area contributed by atoms with Gasteiger partial charge in [0.25, 0.3) is 0 Å². The molecule has 0 aliphatic rings. The highest BCUT2D eigenvalue weighted by Gasteiger charge is 2.05. The minimum absolute atomic E-state index is 0.248. The Hall–Kier alpha value is -3.22. The lowest BCUT2D eigenvalue weighted by Gasteiger charge is -2.01. The van der Waals surface area contributed by atoms with Crippen molar-refractivity contribution in [1.29, 1.82) is 0 Å². The van der Waals surface area contributed by atoms with Gasteiger partial charge < -0.3 is 5.32 Å². The maximum Gasteiger partial charge on any atom is 0.350 e. The van der Waals surface area contributed by atoms with E-state index in [4.69, 9.17) is 0 Å². The summed E-state index contributed by atoms with van der Waals surface area (Å²) >= 11 is 0. The maximum absolute atomic E-state index is 12.8. The van der Waals surface area contributed by atoms with Gasteiger partial charge >= 0.3 is 5.69 Å². The molecule has 1 amide bonds. The van der Waals surface area contributed by atoms with Gasteiger partial charge in [0.1, 0.15) is 5.82 Å². The number of nitrogens with one attached hydrogen (secondary N) is 1. The Balaban J connectivity index is 1.55. The second-order valence-corrected chi connectivity index (χ2v) is 5.11. The molecule has 3 rings (SSSR count). The van der Waals surface area contributed by atoms with E-state index in [0.717, 1.165) is 5.56 Å². The lowest BCUT2D eigenvalue weighted by molar-refractivity contribution is -0.116. The topological polar surface area (TPSA) is 68.4 Å². The number of carbonyl (C=O) groups excluding carboxylic acids is 1. The van der Waals surface area contributed by atoms with Crippen LogP contribution >= 0.6 is 0 Å². The maximum atomic E-state index is 12.8. The molecule has 0 saturated carbocycles. The molecule has 0 bridgehead atoms. The van der Waals surface area contributed by atoms with Gasteiger partial charge in [0.15, 0.2) is 5.65 Å². The number of rotatable bonds is 5. The highest BCUT2D eigenvalue weighted by Crippen LogP contribution is 2.04. The van der Waals surface area contributed by atoms with E-state index < -0.39 is 0 Å². The molecule has 122 valence electrons. The molecular formula is C17H15FN4O2. The van der Waals surface area contributed by atoms with Crippen LogP contribution in [0.5, 0.6) is 0 Å². The second-order valence-electron chi connectivity index (χ2n) is 5.11. The standard InChI is InChI=1S/C17H15FN4O2/c18-14-7-4-13(5-8-14)6-9-16(23)19-10-12-22-17(24)21-11-2-1-3-15(21)20-22/h1-9,11H,10,12H2,(H,19,23). The molecule has 7 heteroatoms. The van der Waals surface area contributed by atoms with Crippen molar-refractivity contribution >= 4 is 17.6 Å².